The van der Waals surface area contributed by atoms with Crippen molar-refractivity contribution in [2.24, 2.45) is 0 Å². The van der Waals surface area contributed by atoms with Gasteiger partial charge in [-0.2, -0.15) is 0 Å². The molecule has 0 aliphatic rings. The SMILES string of the molecule is O=C(Cl)c1ccc[nH]1.O=C(O)c1ccc[nH]1.[B].[B]. The van der Waals surface area contributed by atoms with Crippen LogP contribution >= 0.6 is 11.6 Å². The van der Waals surface area contributed by atoms with Gasteiger partial charge in [-0.15, -0.1) is 0 Å². The van der Waals surface area contributed by atoms with Crippen LogP contribution in [0, 0.1) is 0 Å². The van der Waals surface area contributed by atoms with E-state index in [1.54, 1.807) is 30.6 Å². The maximum atomic E-state index is 10.2. The number of aromatic carboxylic acids is 1. The summed E-state index contributed by atoms with van der Waals surface area (Å²) in [6.07, 6.45) is 3.22. The first kappa shape index (κ1) is 18.5. The molecule has 90 valence electrons. The Morgan fingerprint density at radius 3 is 1.61 bits per heavy atom. The number of aromatic amines is 2. The molecule has 0 fully saturated rings. The molecule has 0 bridgehead atoms. The summed E-state index contributed by atoms with van der Waals surface area (Å²) in [7, 11) is 0. The zero-order chi connectivity index (χ0) is 12.0. The van der Waals surface area contributed by atoms with E-state index in [-0.39, 0.29) is 22.5 Å². The van der Waals surface area contributed by atoms with Crippen LogP contribution in [0.25, 0.3) is 0 Å². The summed E-state index contributed by atoms with van der Waals surface area (Å²) in [5.41, 5.74) is 0.664. The zero-order valence-electron chi connectivity index (χ0n) is 9.26. The normalized spacial score (nSPS) is 8.06. The molecule has 2 heterocycles. The number of carboxylic acid groups (broad SMARTS) is 1. The van der Waals surface area contributed by atoms with Crippen LogP contribution in [0.3, 0.4) is 0 Å². The van der Waals surface area contributed by atoms with E-state index in [0.29, 0.717) is 5.69 Å². The Kier molecular flexibility index (Phi) is 9.43. The van der Waals surface area contributed by atoms with Crippen molar-refractivity contribution < 1.29 is 14.7 Å². The van der Waals surface area contributed by atoms with E-state index >= 15 is 0 Å². The smallest absolute Gasteiger partial charge is 0.352 e. The van der Waals surface area contributed by atoms with E-state index in [1.165, 1.54) is 6.07 Å². The number of nitrogens with one attached hydrogen (secondary N) is 2. The fourth-order valence-corrected chi connectivity index (χ4v) is 1.03. The van der Waals surface area contributed by atoms with Crippen LogP contribution < -0.4 is 0 Å². The minimum absolute atomic E-state index is 0. The second-order valence-electron chi connectivity index (χ2n) is 2.75. The van der Waals surface area contributed by atoms with Crippen LogP contribution in [0.4, 0.5) is 0 Å². The summed E-state index contributed by atoms with van der Waals surface area (Å²) < 4.78 is 0. The average Bonchev–Trinajstić information content (AvgIpc) is 2.93. The highest BCUT2D eigenvalue weighted by atomic mass is 35.5. The van der Waals surface area contributed by atoms with Crippen molar-refractivity contribution in [3.63, 3.8) is 0 Å². The predicted octanol–water partition coefficient (Wildman–Crippen LogP) is 1.34. The van der Waals surface area contributed by atoms with E-state index in [9.17, 15) is 9.59 Å². The molecule has 0 aliphatic carbocycles. The van der Waals surface area contributed by atoms with Gasteiger partial charge in [0.2, 0.25) is 0 Å². The molecule has 0 saturated carbocycles. The van der Waals surface area contributed by atoms with Crippen LogP contribution in [0.15, 0.2) is 36.7 Å². The zero-order valence-corrected chi connectivity index (χ0v) is 10.0. The largest absolute Gasteiger partial charge is 0.477 e. The van der Waals surface area contributed by atoms with Crippen molar-refractivity contribution in [1.29, 1.82) is 0 Å². The van der Waals surface area contributed by atoms with E-state index in [0.717, 1.165) is 0 Å². The minimum Gasteiger partial charge on any atom is -0.477 e. The molecule has 18 heavy (non-hydrogen) atoms. The standard InChI is InChI=1S/C5H4ClNO.C5H5NO2.2B/c6-5(8)4-2-1-3-7-4;7-5(8)4-2-1-3-6-4;;/h1-3,7H;1-3,6H,(H,7,8);;. The van der Waals surface area contributed by atoms with Gasteiger partial charge >= 0.3 is 5.97 Å². The van der Waals surface area contributed by atoms with E-state index in [1.807, 2.05) is 0 Å². The van der Waals surface area contributed by atoms with Gasteiger partial charge in [-0.05, 0) is 35.9 Å². The molecule has 0 aromatic carbocycles. The highest BCUT2D eigenvalue weighted by Gasteiger charge is 1.98. The maximum Gasteiger partial charge on any atom is 0.352 e. The Labute approximate surface area is 113 Å². The van der Waals surface area contributed by atoms with E-state index in [4.69, 9.17) is 16.7 Å². The maximum absolute atomic E-state index is 10.2. The molecule has 0 atom stereocenters. The second kappa shape index (κ2) is 9.18. The average molecular weight is 262 g/mol. The Morgan fingerprint density at radius 2 is 1.44 bits per heavy atom. The summed E-state index contributed by atoms with van der Waals surface area (Å²) >= 11 is 5.07. The first-order chi connectivity index (χ1) is 7.61. The number of halogens is 1. The van der Waals surface area contributed by atoms with Crippen LogP contribution in [0.5, 0.6) is 0 Å². The first-order valence-electron chi connectivity index (χ1n) is 4.31. The summed E-state index contributed by atoms with van der Waals surface area (Å²) in [6.45, 7) is 0. The van der Waals surface area contributed by atoms with Crippen molar-refractivity contribution >= 4 is 39.6 Å². The summed E-state index contributed by atoms with van der Waals surface area (Å²) in [6, 6.07) is 6.48. The Morgan fingerprint density at radius 1 is 1.00 bits per heavy atom. The number of aromatic nitrogens is 2. The number of H-pyrrole nitrogens is 2. The molecule has 0 saturated heterocycles. The molecule has 8 heteroatoms. The molecule has 3 N–H and O–H groups in total. The van der Waals surface area contributed by atoms with Gasteiger partial charge in [-0.3, -0.25) is 4.79 Å². The number of hydrogen-bond acceptors (Lipinski definition) is 2. The van der Waals surface area contributed by atoms with Gasteiger partial charge in [-0.1, -0.05) is 0 Å². The molecular weight excluding hydrogens is 253 g/mol. The van der Waals surface area contributed by atoms with E-state index in [2.05, 4.69) is 9.97 Å². The molecule has 2 aromatic rings. The van der Waals surface area contributed by atoms with Crippen molar-refractivity contribution in [2.75, 3.05) is 0 Å². The summed E-state index contributed by atoms with van der Waals surface area (Å²) in [5, 5.41) is 7.79. The third-order valence-electron chi connectivity index (χ3n) is 1.64. The number of carboxylic acids is 1. The number of carbonyl (C=O) groups is 2. The van der Waals surface area contributed by atoms with Crippen molar-refractivity contribution in [1.82, 2.24) is 9.97 Å². The molecule has 2 rings (SSSR count). The summed E-state index contributed by atoms with van der Waals surface area (Å²) in [5.74, 6) is -0.921. The van der Waals surface area contributed by atoms with Crippen molar-refractivity contribution in [2.45, 2.75) is 0 Å². The van der Waals surface area contributed by atoms with Crippen LogP contribution in [-0.4, -0.2) is 43.1 Å². The van der Waals surface area contributed by atoms with Gasteiger partial charge in [0.15, 0.2) is 0 Å². The molecule has 0 spiro atoms. The fourth-order valence-electron chi connectivity index (χ4n) is 0.916. The molecular formula is C10H9B2ClN2O3. The lowest BCUT2D eigenvalue weighted by molar-refractivity contribution is 0.0691. The van der Waals surface area contributed by atoms with Crippen LogP contribution in [0.1, 0.15) is 21.0 Å². The lowest BCUT2D eigenvalue weighted by Crippen LogP contribution is -1.94. The van der Waals surface area contributed by atoms with Crippen molar-refractivity contribution in [3.8, 4) is 0 Å². The number of carbonyl (C=O) groups excluding carboxylic acids is 1. The Bertz CT molecular complexity index is 413. The molecule has 5 nitrogen and oxygen atoms in total. The third kappa shape index (κ3) is 6.00. The van der Waals surface area contributed by atoms with Gasteiger partial charge in [0, 0.05) is 29.2 Å². The van der Waals surface area contributed by atoms with Crippen molar-refractivity contribution in [3.05, 3.63) is 48.0 Å². The lowest BCUT2D eigenvalue weighted by atomic mass is 10.4. The van der Waals surface area contributed by atoms with Gasteiger partial charge in [0.1, 0.15) is 5.69 Å². The lowest BCUT2D eigenvalue weighted by Gasteiger charge is -1.80. The monoisotopic (exact) mass is 262 g/mol. The van der Waals surface area contributed by atoms with Crippen LogP contribution in [-0.2, 0) is 0 Å². The minimum atomic E-state index is -0.921. The molecule has 2 aromatic heterocycles. The first-order valence-corrected chi connectivity index (χ1v) is 4.69. The number of hydrogen-bond donors (Lipinski definition) is 3. The van der Waals surface area contributed by atoms with Gasteiger partial charge in [-0.25, -0.2) is 4.79 Å². The van der Waals surface area contributed by atoms with Gasteiger partial charge in [0.25, 0.3) is 5.24 Å². The molecule has 0 unspecified atom stereocenters. The quantitative estimate of drug-likeness (QED) is 0.564. The Hall–Kier alpha value is -1.88. The topological polar surface area (TPSA) is 85.9 Å². The third-order valence-corrected chi connectivity index (χ3v) is 1.84. The Balaban J connectivity index is 0. The second-order valence-corrected chi connectivity index (χ2v) is 3.09. The number of rotatable bonds is 2. The predicted molar refractivity (Wildman–Crippen MR) is 70.2 cm³/mol. The molecule has 6 radical (unpaired) electrons. The fraction of sp³-hybridized carbons (Fsp3) is 0. The molecule has 0 aliphatic heterocycles. The van der Waals surface area contributed by atoms with Gasteiger partial charge in [0.05, 0.1) is 5.69 Å². The van der Waals surface area contributed by atoms with Crippen LogP contribution in [0.2, 0.25) is 0 Å². The van der Waals surface area contributed by atoms with Gasteiger partial charge < -0.3 is 15.1 Å². The molecule has 0 amide bonds. The summed E-state index contributed by atoms with van der Waals surface area (Å²) in [4.78, 5) is 25.5. The van der Waals surface area contributed by atoms with E-state index < -0.39 is 11.2 Å². The highest BCUT2D eigenvalue weighted by Crippen LogP contribution is 1.97. The highest BCUT2D eigenvalue weighted by molar-refractivity contribution is 6.67.